The SMILES string of the molecule is Cc1nn(C)c2nc(N3CCC(C#N)(c4ccccc4)CC3)sc12. The summed E-state index contributed by atoms with van der Waals surface area (Å²) in [4.78, 5) is 7.07. The molecule has 3 aromatic rings. The first-order valence-electron chi connectivity index (χ1n) is 8.15. The Morgan fingerprint density at radius 3 is 2.54 bits per heavy atom. The molecule has 1 saturated heterocycles. The van der Waals surface area contributed by atoms with E-state index in [9.17, 15) is 5.26 Å². The third kappa shape index (κ3) is 2.28. The molecule has 3 heterocycles. The number of nitrogens with zero attached hydrogens (tertiary/aromatic N) is 5. The molecule has 0 amide bonds. The van der Waals surface area contributed by atoms with Crippen molar-refractivity contribution >= 4 is 26.8 Å². The van der Waals surface area contributed by atoms with Crippen LogP contribution in [-0.2, 0) is 12.5 Å². The maximum absolute atomic E-state index is 9.81. The molecule has 24 heavy (non-hydrogen) atoms. The number of thiazole rings is 1. The van der Waals surface area contributed by atoms with Crippen molar-refractivity contribution in [2.45, 2.75) is 25.2 Å². The van der Waals surface area contributed by atoms with Crippen molar-refractivity contribution in [3.63, 3.8) is 0 Å². The Labute approximate surface area is 145 Å². The van der Waals surface area contributed by atoms with E-state index in [1.165, 1.54) is 0 Å². The molecule has 4 rings (SSSR count). The zero-order chi connectivity index (χ0) is 16.7. The second kappa shape index (κ2) is 5.60. The van der Waals surface area contributed by atoms with Gasteiger partial charge in [-0.25, -0.2) is 9.67 Å². The van der Waals surface area contributed by atoms with Crippen LogP contribution in [0.4, 0.5) is 5.13 Å². The highest BCUT2D eigenvalue weighted by Gasteiger charge is 2.37. The van der Waals surface area contributed by atoms with Crippen molar-refractivity contribution in [2.24, 2.45) is 7.05 Å². The molecule has 2 aromatic heterocycles. The Kier molecular flexibility index (Phi) is 3.54. The third-order valence-electron chi connectivity index (χ3n) is 4.96. The lowest BCUT2D eigenvalue weighted by Gasteiger charge is -2.37. The van der Waals surface area contributed by atoms with E-state index in [-0.39, 0.29) is 5.41 Å². The van der Waals surface area contributed by atoms with Crippen LogP contribution < -0.4 is 4.90 Å². The largest absolute Gasteiger partial charge is 0.348 e. The zero-order valence-electron chi connectivity index (χ0n) is 13.9. The van der Waals surface area contributed by atoms with Gasteiger partial charge in [-0.15, -0.1) is 0 Å². The van der Waals surface area contributed by atoms with E-state index in [1.807, 2.05) is 36.9 Å². The van der Waals surface area contributed by atoms with E-state index in [4.69, 9.17) is 4.98 Å². The van der Waals surface area contributed by atoms with E-state index in [2.05, 4.69) is 28.2 Å². The first-order valence-corrected chi connectivity index (χ1v) is 8.96. The summed E-state index contributed by atoms with van der Waals surface area (Å²) in [6.45, 7) is 3.74. The first kappa shape index (κ1) is 15.2. The number of aromatic nitrogens is 3. The van der Waals surface area contributed by atoms with Crippen molar-refractivity contribution < 1.29 is 0 Å². The lowest BCUT2D eigenvalue weighted by Crippen LogP contribution is -2.42. The van der Waals surface area contributed by atoms with Gasteiger partial charge in [0.25, 0.3) is 0 Å². The summed E-state index contributed by atoms with van der Waals surface area (Å²) in [7, 11) is 1.94. The minimum atomic E-state index is -0.369. The fourth-order valence-corrected chi connectivity index (χ4v) is 4.60. The second-order valence-electron chi connectivity index (χ2n) is 6.41. The van der Waals surface area contributed by atoms with Crippen molar-refractivity contribution in [1.82, 2.24) is 14.8 Å². The summed E-state index contributed by atoms with van der Waals surface area (Å²) < 4.78 is 3.01. The second-order valence-corrected chi connectivity index (χ2v) is 7.38. The molecule has 0 atom stereocenters. The van der Waals surface area contributed by atoms with Gasteiger partial charge in [-0.1, -0.05) is 41.7 Å². The van der Waals surface area contributed by atoms with Gasteiger partial charge in [0.1, 0.15) is 0 Å². The molecular weight excluding hydrogens is 318 g/mol. The molecule has 1 aliphatic rings. The molecule has 0 N–H and O–H groups in total. The van der Waals surface area contributed by atoms with Crippen LogP contribution in [0.2, 0.25) is 0 Å². The molecule has 0 saturated carbocycles. The lowest BCUT2D eigenvalue weighted by molar-refractivity contribution is 0.415. The van der Waals surface area contributed by atoms with Gasteiger partial charge in [0.15, 0.2) is 10.8 Å². The van der Waals surface area contributed by atoms with Gasteiger partial charge in [0.05, 0.1) is 21.9 Å². The van der Waals surface area contributed by atoms with E-state index < -0.39 is 0 Å². The van der Waals surface area contributed by atoms with Gasteiger partial charge in [-0.3, -0.25) is 0 Å². The molecule has 5 nitrogen and oxygen atoms in total. The Morgan fingerprint density at radius 2 is 1.92 bits per heavy atom. The van der Waals surface area contributed by atoms with Crippen molar-refractivity contribution in [3.05, 3.63) is 41.6 Å². The maximum atomic E-state index is 9.81. The first-order chi connectivity index (χ1) is 11.6. The van der Waals surface area contributed by atoms with E-state index >= 15 is 0 Å². The number of aryl methyl sites for hydroxylation is 2. The predicted octanol–water partition coefficient (Wildman–Crippen LogP) is 3.40. The fourth-order valence-electron chi connectivity index (χ4n) is 3.51. The average Bonchev–Trinajstić information content (AvgIpc) is 3.18. The van der Waals surface area contributed by atoms with Crippen molar-refractivity contribution in [3.8, 4) is 6.07 Å². The van der Waals surface area contributed by atoms with Crippen LogP contribution >= 0.6 is 11.3 Å². The number of hydrogen-bond donors (Lipinski definition) is 0. The van der Waals surface area contributed by atoms with Gasteiger partial charge >= 0.3 is 0 Å². The van der Waals surface area contributed by atoms with Crippen LogP contribution in [0.25, 0.3) is 10.3 Å². The normalized spacial score (nSPS) is 17.1. The number of rotatable bonds is 2. The molecule has 1 fully saturated rings. The van der Waals surface area contributed by atoms with Gasteiger partial charge < -0.3 is 4.90 Å². The predicted molar refractivity (Wildman–Crippen MR) is 96.3 cm³/mol. The van der Waals surface area contributed by atoms with Crippen molar-refractivity contribution in [1.29, 1.82) is 5.26 Å². The smallest absolute Gasteiger partial charge is 0.188 e. The number of nitriles is 1. The average molecular weight is 337 g/mol. The van der Waals surface area contributed by atoms with Gasteiger partial charge in [0, 0.05) is 20.1 Å². The Bertz CT molecular complexity index is 876. The lowest BCUT2D eigenvalue weighted by atomic mass is 9.74. The summed E-state index contributed by atoms with van der Waals surface area (Å²) in [5, 5.41) is 15.3. The molecule has 0 bridgehead atoms. The number of piperidine rings is 1. The van der Waals surface area contributed by atoms with Gasteiger partial charge in [0.2, 0.25) is 0 Å². The molecular formula is C18H19N5S. The number of fused-ring (bicyclic) bond motifs is 1. The summed E-state index contributed by atoms with van der Waals surface area (Å²) in [6, 6.07) is 12.8. The van der Waals surface area contributed by atoms with E-state index in [1.54, 1.807) is 11.3 Å². The minimum Gasteiger partial charge on any atom is -0.348 e. The molecule has 0 unspecified atom stereocenters. The van der Waals surface area contributed by atoms with Crippen LogP contribution in [0, 0.1) is 18.3 Å². The highest BCUT2D eigenvalue weighted by Crippen LogP contribution is 2.38. The standard InChI is InChI=1S/C18H19N5S/c1-13-15-16(22(2)21-13)20-17(24-15)23-10-8-18(12-19,9-11-23)14-6-4-3-5-7-14/h3-7H,8-11H2,1-2H3. The molecule has 0 aliphatic carbocycles. The van der Waals surface area contributed by atoms with Crippen LogP contribution in [0.1, 0.15) is 24.1 Å². The quantitative estimate of drug-likeness (QED) is 0.719. The summed E-state index contributed by atoms with van der Waals surface area (Å²) in [5.41, 5.74) is 2.75. The fraction of sp³-hybridized carbons (Fsp3) is 0.389. The number of anilines is 1. The third-order valence-corrected chi connectivity index (χ3v) is 6.18. The zero-order valence-corrected chi connectivity index (χ0v) is 14.7. The highest BCUT2D eigenvalue weighted by molar-refractivity contribution is 7.22. The Balaban J connectivity index is 1.59. The van der Waals surface area contributed by atoms with Gasteiger partial charge in [-0.05, 0) is 25.3 Å². The van der Waals surface area contributed by atoms with Crippen LogP contribution in [0.5, 0.6) is 0 Å². The van der Waals surface area contributed by atoms with E-state index in [0.717, 1.165) is 52.7 Å². The Morgan fingerprint density at radius 1 is 1.21 bits per heavy atom. The molecule has 6 heteroatoms. The molecule has 122 valence electrons. The minimum absolute atomic E-state index is 0.369. The summed E-state index contributed by atoms with van der Waals surface area (Å²) in [5.74, 6) is 0. The van der Waals surface area contributed by atoms with Gasteiger partial charge in [-0.2, -0.15) is 10.4 Å². The van der Waals surface area contributed by atoms with Crippen LogP contribution in [-0.4, -0.2) is 27.9 Å². The van der Waals surface area contributed by atoms with Crippen LogP contribution in [0.15, 0.2) is 30.3 Å². The number of hydrogen-bond acceptors (Lipinski definition) is 5. The molecule has 1 aliphatic heterocycles. The monoisotopic (exact) mass is 337 g/mol. The highest BCUT2D eigenvalue weighted by atomic mass is 32.1. The molecule has 1 aromatic carbocycles. The molecule has 0 radical (unpaired) electrons. The summed E-state index contributed by atoms with van der Waals surface area (Å²) in [6.07, 6.45) is 1.67. The summed E-state index contributed by atoms with van der Waals surface area (Å²) >= 11 is 1.70. The van der Waals surface area contributed by atoms with E-state index in [0.29, 0.717) is 0 Å². The molecule has 0 spiro atoms. The van der Waals surface area contributed by atoms with Crippen molar-refractivity contribution in [2.75, 3.05) is 18.0 Å². The maximum Gasteiger partial charge on any atom is 0.188 e. The Hall–Kier alpha value is -2.39. The van der Waals surface area contributed by atoms with Crippen LogP contribution in [0.3, 0.4) is 0 Å². The topological polar surface area (TPSA) is 57.7 Å². The number of benzene rings is 1.